The number of pyridine rings is 1. The van der Waals surface area contributed by atoms with Gasteiger partial charge in [-0.3, -0.25) is 19.3 Å². The first kappa shape index (κ1) is 28.7. The Labute approximate surface area is 207 Å². The van der Waals surface area contributed by atoms with E-state index in [9.17, 15) is 21.6 Å². The topological polar surface area (TPSA) is 144 Å². The van der Waals surface area contributed by atoms with Crippen LogP contribution >= 0.6 is 0 Å². The van der Waals surface area contributed by atoms with E-state index in [-0.39, 0.29) is 22.9 Å². The number of carbonyl (C=O) groups is 1. The summed E-state index contributed by atoms with van der Waals surface area (Å²) in [4.78, 5) is 21.8. The van der Waals surface area contributed by atoms with Crippen LogP contribution in [-0.2, 0) is 36.1 Å². The van der Waals surface area contributed by atoms with Gasteiger partial charge >= 0.3 is 0 Å². The van der Waals surface area contributed by atoms with Crippen LogP contribution in [0.2, 0.25) is 0 Å². The molecule has 0 saturated heterocycles. The number of nitrogens with one attached hydrogen (secondary N) is 3. The zero-order valence-corrected chi connectivity index (χ0v) is 22.5. The highest BCUT2D eigenvalue weighted by Gasteiger charge is 2.35. The van der Waals surface area contributed by atoms with Crippen LogP contribution in [0.25, 0.3) is 0 Å². The van der Waals surface area contributed by atoms with Crippen molar-refractivity contribution < 1.29 is 26.5 Å². The summed E-state index contributed by atoms with van der Waals surface area (Å²) in [6, 6.07) is 8.02. The molecule has 0 bridgehead atoms. The third-order valence-electron chi connectivity index (χ3n) is 4.80. The first-order valence-electron chi connectivity index (χ1n) is 11.1. The molecule has 0 aliphatic heterocycles. The van der Waals surface area contributed by atoms with E-state index in [0.29, 0.717) is 12.0 Å². The number of carbonyl (C=O) groups excluding carboxylic acids is 1. The number of nitrogens with zero attached hydrogens (tertiary/aromatic N) is 1. The van der Waals surface area contributed by atoms with Crippen molar-refractivity contribution in [1.82, 2.24) is 15.2 Å². The molecule has 12 heteroatoms. The Kier molecular flexibility index (Phi) is 9.40. The van der Waals surface area contributed by atoms with Crippen LogP contribution in [0.5, 0.6) is 0 Å². The molecule has 194 valence electrons. The molecule has 1 aromatic carbocycles. The van der Waals surface area contributed by atoms with Gasteiger partial charge in [-0.25, -0.2) is 27.0 Å². The maximum Gasteiger partial charge on any atom is 0.263 e. The van der Waals surface area contributed by atoms with Crippen molar-refractivity contribution >= 4 is 31.6 Å². The van der Waals surface area contributed by atoms with Gasteiger partial charge in [0.1, 0.15) is 4.90 Å². The van der Waals surface area contributed by atoms with E-state index in [2.05, 4.69) is 19.9 Å². The average Bonchev–Trinajstić information content (AvgIpc) is 2.76. The van der Waals surface area contributed by atoms with Gasteiger partial charge in [0.25, 0.3) is 5.91 Å². The van der Waals surface area contributed by atoms with Crippen molar-refractivity contribution in [3.05, 3.63) is 53.9 Å². The Morgan fingerprint density at radius 1 is 1.09 bits per heavy atom. The monoisotopic (exact) mass is 526 g/mol. The van der Waals surface area contributed by atoms with E-state index in [0.717, 1.165) is 5.56 Å². The highest BCUT2D eigenvalue weighted by atomic mass is 32.2. The Balaban J connectivity index is 2.43. The SMILES string of the molecule is CNS(=O)(=O)c1cc(Cc2cccnc2)ccc1NS(=O)(=O)C(CC(C)C)C(=O)NOC(C)(C)C. The van der Waals surface area contributed by atoms with Gasteiger partial charge in [-0.05, 0) is 75.9 Å². The first-order chi connectivity index (χ1) is 16.1. The molecule has 2 rings (SSSR count). The van der Waals surface area contributed by atoms with Crippen LogP contribution in [0.3, 0.4) is 0 Å². The molecule has 1 atom stereocenters. The molecule has 0 saturated carbocycles. The van der Waals surface area contributed by atoms with E-state index < -0.39 is 36.8 Å². The van der Waals surface area contributed by atoms with Gasteiger partial charge in [0, 0.05) is 12.4 Å². The van der Waals surface area contributed by atoms with Crippen molar-refractivity contribution in [2.24, 2.45) is 5.92 Å². The maximum atomic E-state index is 13.3. The molecule has 2 aromatic rings. The summed E-state index contributed by atoms with van der Waals surface area (Å²) in [5.74, 6) is -0.980. The summed E-state index contributed by atoms with van der Waals surface area (Å²) in [6.07, 6.45) is 3.70. The molecular weight excluding hydrogens is 492 g/mol. The molecule has 1 heterocycles. The van der Waals surface area contributed by atoms with Crippen molar-refractivity contribution in [2.45, 2.75) is 63.2 Å². The molecule has 1 amide bonds. The molecule has 1 aromatic heterocycles. The molecule has 0 aliphatic rings. The molecule has 1 unspecified atom stereocenters. The van der Waals surface area contributed by atoms with Gasteiger partial charge < -0.3 is 0 Å². The maximum absolute atomic E-state index is 13.3. The van der Waals surface area contributed by atoms with Gasteiger partial charge in [-0.1, -0.05) is 26.0 Å². The van der Waals surface area contributed by atoms with Crippen molar-refractivity contribution in [2.75, 3.05) is 11.8 Å². The van der Waals surface area contributed by atoms with Crippen LogP contribution in [0.15, 0.2) is 47.6 Å². The standard InChI is InChI=1S/C23H34N4O6S2/c1-16(2)12-21(22(28)26-33-23(3,4)5)35(31,32)27-19-10-9-17(13-18-8-7-11-25-15-18)14-20(19)34(29,30)24-6/h7-11,14-16,21,24,27H,12-13H2,1-6H3,(H,26,28). The lowest BCUT2D eigenvalue weighted by Gasteiger charge is -2.24. The average molecular weight is 527 g/mol. The molecular formula is C23H34N4O6S2. The van der Waals surface area contributed by atoms with Crippen LogP contribution in [-0.4, -0.2) is 45.6 Å². The van der Waals surface area contributed by atoms with E-state index in [1.54, 1.807) is 59.1 Å². The number of benzene rings is 1. The summed E-state index contributed by atoms with van der Waals surface area (Å²) in [7, 11) is -7.14. The summed E-state index contributed by atoms with van der Waals surface area (Å²) in [5, 5.41) is -1.51. The molecule has 0 radical (unpaired) electrons. The second kappa shape index (κ2) is 11.5. The Hall–Kier alpha value is -2.54. The molecule has 0 spiro atoms. The number of hydrogen-bond acceptors (Lipinski definition) is 7. The van der Waals surface area contributed by atoms with Crippen molar-refractivity contribution in [3.63, 3.8) is 0 Å². The Morgan fingerprint density at radius 3 is 2.31 bits per heavy atom. The number of sulfonamides is 2. The second-order valence-electron chi connectivity index (χ2n) is 9.52. The minimum Gasteiger partial charge on any atom is -0.282 e. The number of aromatic nitrogens is 1. The largest absolute Gasteiger partial charge is 0.282 e. The molecule has 35 heavy (non-hydrogen) atoms. The number of amides is 1. The first-order valence-corrected chi connectivity index (χ1v) is 14.1. The number of anilines is 1. The third kappa shape index (κ3) is 8.57. The van der Waals surface area contributed by atoms with Gasteiger partial charge in [0.2, 0.25) is 20.0 Å². The quantitative estimate of drug-likeness (QED) is 0.382. The molecule has 0 aliphatic carbocycles. The zero-order valence-electron chi connectivity index (χ0n) is 20.8. The van der Waals surface area contributed by atoms with Crippen LogP contribution in [0.1, 0.15) is 52.2 Å². The Morgan fingerprint density at radius 2 is 1.77 bits per heavy atom. The van der Waals surface area contributed by atoms with Crippen molar-refractivity contribution in [3.8, 4) is 0 Å². The van der Waals surface area contributed by atoms with Gasteiger partial charge in [-0.15, -0.1) is 0 Å². The predicted octanol–water partition coefficient (Wildman–Crippen LogP) is 2.58. The third-order valence-corrected chi connectivity index (χ3v) is 7.91. The van der Waals surface area contributed by atoms with Crippen LogP contribution in [0.4, 0.5) is 5.69 Å². The smallest absolute Gasteiger partial charge is 0.263 e. The van der Waals surface area contributed by atoms with Gasteiger partial charge in [-0.2, -0.15) is 0 Å². The summed E-state index contributed by atoms with van der Waals surface area (Å²) in [5.41, 5.74) is 2.83. The molecule has 10 nitrogen and oxygen atoms in total. The van der Waals surface area contributed by atoms with E-state index in [1.165, 1.54) is 19.2 Å². The van der Waals surface area contributed by atoms with Crippen molar-refractivity contribution in [1.29, 1.82) is 0 Å². The fourth-order valence-electron chi connectivity index (χ4n) is 3.13. The fraction of sp³-hybridized carbons (Fsp3) is 0.478. The summed E-state index contributed by atoms with van der Waals surface area (Å²) < 4.78 is 56.6. The lowest BCUT2D eigenvalue weighted by molar-refractivity contribution is -0.145. The lowest BCUT2D eigenvalue weighted by atomic mass is 10.1. The van der Waals surface area contributed by atoms with Gasteiger partial charge in [0.15, 0.2) is 5.25 Å². The molecule has 0 fully saturated rings. The minimum atomic E-state index is -4.34. The summed E-state index contributed by atoms with van der Waals surface area (Å²) >= 11 is 0. The van der Waals surface area contributed by atoms with Gasteiger partial charge in [0.05, 0.1) is 11.3 Å². The lowest BCUT2D eigenvalue weighted by Crippen LogP contribution is -2.45. The van der Waals surface area contributed by atoms with Crippen LogP contribution in [0, 0.1) is 5.92 Å². The number of hydroxylamine groups is 1. The van der Waals surface area contributed by atoms with E-state index >= 15 is 0 Å². The number of rotatable bonds is 11. The van der Waals surface area contributed by atoms with E-state index in [1.807, 2.05) is 6.07 Å². The van der Waals surface area contributed by atoms with E-state index in [4.69, 9.17) is 4.84 Å². The predicted molar refractivity (Wildman–Crippen MR) is 134 cm³/mol. The summed E-state index contributed by atoms with van der Waals surface area (Å²) in [6.45, 7) is 8.69. The number of hydrogen-bond donors (Lipinski definition) is 3. The highest BCUT2D eigenvalue weighted by Crippen LogP contribution is 2.27. The van der Waals surface area contributed by atoms with Crippen LogP contribution < -0.4 is 14.9 Å². The fourth-order valence-corrected chi connectivity index (χ4v) is 5.72. The molecule has 3 N–H and O–H groups in total. The zero-order chi connectivity index (χ0) is 26.4. The normalized spacial score (nSPS) is 13.5. The highest BCUT2D eigenvalue weighted by molar-refractivity contribution is 7.94. The Bertz CT molecular complexity index is 1220. The minimum absolute atomic E-state index is 0.00186. The second-order valence-corrected chi connectivity index (χ2v) is 13.2.